The summed E-state index contributed by atoms with van der Waals surface area (Å²) in [7, 11) is 0. The van der Waals surface area contributed by atoms with Crippen molar-refractivity contribution in [2.24, 2.45) is 40.4 Å². The van der Waals surface area contributed by atoms with E-state index in [-0.39, 0.29) is 17.5 Å². The third-order valence-corrected chi connectivity index (χ3v) is 9.06. The Morgan fingerprint density at radius 2 is 1.80 bits per heavy atom. The molecule has 0 heterocycles. The molecule has 0 spiro atoms. The molecular weight excluding hydrogens is 312 g/mol. The number of Topliss-reactive ketones (excluding diaryl/α,β-unsaturated/α-hetero) is 1. The smallest absolute Gasteiger partial charge is 0.302 e. The highest BCUT2D eigenvalue weighted by atomic mass is 16.5. The van der Waals surface area contributed by atoms with Gasteiger partial charge in [0.2, 0.25) is 0 Å². The lowest BCUT2D eigenvalue weighted by atomic mass is 9.43. The SMILES string of the molecule is CC(=O)O[C@@H]1CC[C@H]2[C@@H]3[C@H](C)C[C@H]4CC(=O)CC[C@]4(C)[C@H]3CC[C@]12C. The highest BCUT2D eigenvalue weighted by molar-refractivity contribution is 5.79. The number of carbonyl (C=O) groups is 2. The average molecular weight is 347 g/mol. The molecule has 4 rings (SSSR count). The first-order valence-electron chi connectivity index (χ1n) is 10.4. The molecule has 3 heteroatoms. The van der Waals surface area contributed by atoms with Crippen molar-refractivity contribution in [2.45, 2.75) is 85.2 Å². The van der Waals surface area contributed by atoms with Gasteiger partial charge in [0, 0.05) is 25.2 Å². The van der Waals surface area contributed by atoms with Crippen molar-refractivity contribution in [2.75, 3.05) is 0 Å². The molecule has 3 nitrogen and oxygen atoms in total. The fourth-order valence-corrected chi connectivity index (χ4v) is 7.77. The quantitative estimate of drug-likeness (QED) is 0.642. The molecule has 0 amide bonds. The highest BCUT2D eigenvalue weighted by Gasteiger charge is 2.62. The number of carbonyl (C=O) groups excluding carboxylic acids is 2. The summed E-state index contributed by atoms with van der Waals surface area (Å²) < 4.78 is 5.76. The Morgan fingerprint density at radius 3 is 2.52 bits per heavy atom. The Labute approximate surface area is 152 Å². The van der Waals surface area contributed by atoms with Crippen LogP contribution in [0.3, 0.4) is 0 Å². The van der Waals surface area contributed by atoms with Gasteiger partial charge < -0.3 is 4.74 Å². The monoisotopic (exact) mass is 346 g/mol. The normalized spacial score (nSPS) is 52.1. The van der Waals surface area contributed by atoms with Crippen LogP contribution in [-0.4, -0.2) is 17.9 Å². The number of hydrogen-bond acceptors (Lipinski definition) is 3. The molecule has 4 aliphatic rings. The van der Waals surface area contributed by atoms with Gasteiger partial charge in [-0.25, -0.2) is 0 Å². The molecule has 4 fully saturated rings. The second-order valence-corrected chi connectivity index (χ2v) is 10.2. The third-order valence-electron chi connectivity index (χ3n) is 9.06. The molecule has 0 bridgehead atoms. The summed E-state index contributed by atoms with van der Waals surface area (Å²) >= 11 is 0. The molecule has 8 atom stereocenters. The van der Waals surface area contributed by atoms with Gasteiger partial charge in [-0.05, 0) is 73.5 Å². The molecular formula is C22H34O3. The van der Waals surface area contributed by atoms with E-state index in [1.54, 1.807) is 6.92 Å². The van der Waals surface area contributed by atoms with Crippen LogP contribution in [-0.2, 0) is 14.3 Å². The van der Waals surface area contributed by atoms with Gasteiger partial charge in [0.1, 0.15) is 11.9 Å². The van der Waals surface area contributed by atoms with Crippen molar-refractivity contribution >= 4 is 11.8 Å². The zero-order valence-electron chi connectivity index (χ0n) is 16.3. The van der Waals surface area contributed by atoms with Crippen LogP contribution in [0.1, 0.15) is 79.1 Å². The van der Waals surface area contributed by atoms with Crippen LogP contribution >= 0.6 is 0 Å². The van der Waals surface area contributed by atoms with Gasteiger partial charge >= 0.3 is 5.97 Å². The number of hydrogen-bond donors (Lipinski definition) is 0. The Kier molecular flexibility index (Phi) is 4.09. The lowest BCUT2D eigenvalue weighted by molar-refractivity contribution is -0.167. The van der Waals surface area contributed by atoms with E-state index in [2.05, 4.69) is 20.8 Å². The van der Waals surface area contributed by atoms with Crippen LogP contribution in [0.5, 0.6) is 0 Å². The number of ketones is 1. The minimum absolute atomic E-state index is 0.113. The van der Waals surface area contributed by atoms with E-state index >= 15 is 0 Å². The number of rotatable bonds is 1. The van der Waals surface area contributed by atoms with Gasteiger partial charge in [-0.1, -0.05) is 20.8 Å². The third kappa shape index (κ3) is 2.51. The van der Waals surface area contributed by atoms with Crippen LogP contribution in [0.2, 0.25) is 0 Å². The summed E-state index contributed by atoms with van der Waals surface area (Å²) in [5.41, 5.74) is 0.515. The minimum Gasteiger partial charge on any atom is -0.462 e. The highest BCUT2D eigenvalue weighted by Crippen LogP contribution is 2.67. The first-order chi connectivity index (χ1) is 11.8. The molecule has 0 radical (unpaired) electrons. The number of esters is 1. The summed E-state index contributed by atoms with van der Waals surface area (Å²) in [5.74, 6) is 3.83. The van der Waals surface area contributed by atoms with Gasteiger partial charge in [0.05, 0.1) is 0 Å². The zero-order chi connectivity index (χ0) is 18.0. The lowest BCUT2D eigenvalue weighted by Crippen LogP contribution is -2.56. The van der Waals surface area contributed by atoms with E-state index in [0.717, 1.165) is 37.5 Å². The molecule has 0 aromatic carbocycles. The molecule has 0 N–H and O–H groups in total. The first-order valence-corrected chi connectivity index (χ1v) is 10.4. The predicted molar refractivity (Wildman–Crippen MR) is 96.8 cm³/mol. The van der Waals surface area contributed by atoms with E-state index in [1.165, 1.54) is 25.7 Å². The second kappa shape index (κ2) is 5.82. The zero-order valence-corrected chi connectivity index (χ0v) is 16.3. The van der Waals surface area contributed by atoms with Gasteiger partial charge in [0.15, 0.2) is 0 Å². The van der Waals surface area contributed by atoms with Crippen molar-refractivity contribution in [3.05, 3.63) is 0 Å². The maximum Gasteiger partial charge on any atom is 0.302 e. The molecule has 4 aliphatic carbocycles. The van der Waals surface area contributed by atoms with Crippen LogP contribution in [0.25, 0.3) is 0 Å². The van der Waals surface area contributed by atoms with Gasteiger partial charge in [-0.3, -0.25) is 9.59 Å². The van der Waals surface area contributed by atoms with Crippen LogP contribution in [0.15, 0.2) is 0 Å². The maximum absolute atomic E-state index is 12.1. The van der Waals surface area contributed by atoms with Crippen molar-refractivity contribution in [3.63, 3.8) is 0 Å². The fourth-order valence-electron chi connectivity index (χ4n) is 7.77. The van der Waals surface area contributed by atoms with Gasteiger partial charge in [-0.15, -0.1) is 0 Å². The van der Waals surface area contributed by atoms with Crippen molar-refractivity contribution < 1.29 is 14.3 Å². The molecule has 0 aromatic heterocycles. The standard InChI is InChI=1S/C22H34O3/c1-13-11-15-12-16(24)7-9-21(15,3)18-8-10-22(4)17(20(13)18)5-6-19(22)25-14(2)23/h13,15,17-20H,5-12H2,1-4H3/t13-,15+,17+,18+,19-,20+,21+,22+/m1/s1. The minimum atomic E-state index is -0.122. The molecule has 0 aromatic rings. The van der Waals surface area contributed by atoms with Crippen molar-refractivity contribution in [3.8, 4) is 0 Å². The number of ether oxygens (including phenoxy) is 1. The van der Waals surface area contributed by atoms with E-state index in [1.807, 2.05) is 0 Å². The van der Waals surface area contributed by atoms with Crippen molar-refractivity contribution in [1.82, 2.24) is 0 Å². The largest absolute Gasteiger partial charge is 0.462 e. The van der Waals surface area contributed by atoms with E-state index in [0.29, 0.717) is 29.0 Å². The Balaban J connectivity index is 1.63. The summed E-state index contributed by atoms with van der Waals surface area (Å²) in [6, 6.07) is 0. The lowest BCUT2D eigenvalue weighted by Gasteiger charge is -2.62. The Morgan fingerprint density at radius 1 is 1.08 bits per heavy atom. The van der Waals surface area contributed by atoms with Crippen molar-refractivity contribution in [1.29, 1.82) is 0 Å². The summed E-state index contributed by atoms with van der Waals surface area (Å²) in [5, 5.41) is 0. The maximum atomic E-state index is 12.1. The summed E-state index contributed by atoms with van der Waals surface area (Å²) in [6.07, 6.45) is 8.72. The van der Waals surface area contributed by atoms with Crippen LogP contribution in [0.4, 0.5) is 0 Å². The van der Waals surface area contributed by atoms with Gasteiger partial charge in [-0.2, -0.15) is 0 Å². The van der Waals surface area contributed by atoms with Crippen LogP contribution in [0, 0.1) is 40.4 Å². The van der Waals surface area contributed by atoms with E-state index in [9.17, 15) is 9.59 Å². The Hall–Kier alpha value is -0.860. The molecule has 0 aliphatic heterocycles. The van der Waals surface area contributed by atoms with E-state index < -0.39 is 0 Å². The second-order valence-electron chi connectivity index (χ2n) is 10.2. The average Bonchev–Trinajstić information content (AvgIpc) is 2.85. The molecule has 4 saturated carbocycles. The number of fused-ring (bicyclic) bond motifs is 5. The first kappa shape index (κ1) is 17.5. The molecule has 0 saturated heterocycles. The fraction of sp³-hybridized carbons (Fsp3) is 0.909. The van der Waals surface area contributed by atoms with Gasteiger partial charge in [0.25, 0.3) is 0 Å². The van der Waals surface area contributed by atoms with E-state index in [4.69, 9.17) is 4.74 Å². The Bertz CT molecular complexity index is 584. The summed E-state index contributed by atoms with van der Waals surface area (Å²) in [4.78, 5) is 23.6. The topological polar surface area (TPSA) is 43.4 Å². The molecule has 140 valence electrons. The predicted octanol–water partition coefficient (Wildman–Crippen LogP) is 4.78. The van der Waals surface area contributed by atoms with Crippen LogP contribution < -0.4 is 0 Å². The summed E-state index contributed by atoms with van der Waals surface area (Å²) in [6.45, 7) is 8.87. The molecule has 25 heavy (non-hydrogen) atoms. The molecule has 0 unspecified atom stereocenters.